The highest BCUT2D eigenvalue weighted by molar-refractivity contribution is 6.13. The molecule has 0 aromatic rings. The molecule has 3 N–H and O–H groups in total. The molecule has 0 radical (unpaired) electrons. The number of carboxylic acid groups (broad SMARTS) is 1. The summed E-state index contributed by atoms with van der Waals surface area (Å²) < 4.78 is 137. The lowest BCUT2D eigenvalue weighted by Gasteiger charge is -2.17. The molecule has 35 heteroatoms. The summed E-state index contributed by atoms with van der Waals surface area (Å²) in [4.78, 5) is 72.7. The fraction of sp³-hybridized carbons (Fsp3) is 0.882. The first kappa shape index (κ1) is 97.0. The maximum absolute atomic E-state index is 12.8. The highest BCUT2D eigenvalue weighted by Crippen LogP contribution is 2.07. The number of aliphatic carboxylic acids is 1. The lowest BCUT2D eigenvalue weighted by atomic mass is 10.0. The van der Waals surface area contributed by atoms with Crippen molar-refractivity contribution >= 4 is 35.4 Å². The van der Waals surface area contributed by atoms with Crippen LogP contribution >= 0.6 is 0 Å². The molecular formula is C68H125N3O32. The van der Waals surface area contributed by atoms with Gasteiger partial charge in [-0.15, -0.1) is 0 Å². The van der Waals surface area contributed by atoms with Crippen molar-refractivity contribution in [1.29, 1.82) is 0 Å². The summed E-state index contributed by atoms with van der Waals surface area (Å²) in [6.45, 7) is 22.3. The first-order chi connectivity index (χ1) is 50.7. The van der Waals surface area contributed by atoms with Gasteiger partial charge < -0.3 is 134 Å². The van der Waals surface area contributed by atoms with E-state index in [1.165, 1.54) is 0 Å². The van der Waals surface area contributed by atoms with Gasteiger partial charge in [0.1, 0.15) is 0 Å². The van der Waals surface area contributed by atoms with Crippen LogP contribution in [0.2, 0.25) is 0 Å². The number of imide groups is 1. The molecular weight excluding hydrogens is 1370 g/mol. The van der Waals surface area contributed by atoms with Crippen LogP contribution in [0.3, 0.4) is 0 Å². The molecule has 1 aliphatic heterocycles. The Labute approximate surface area is 608 Å². The second kappa shape index (κ2) is 80.5. The van der Waals surface area contributed by atoms with Crippen molar-refractivity contribution in [2.75, 3.05) is 344 Å². The van der Waals surface area contributed by atoms with Crippen LogP contribution in [0, 0.1) is 0 Å². The van der Waals surface area contributed by atoms with Gasteiger partial charge in [-0.2, -0.15) is 0 Å². The topological polar surface area (TPSA) is 381 Å². The zero-order chi connectivity index (χ0) is 74.1. The van der Waals surface area contributed by atoms with Gasteiger partial charge in [0.2, 0.25) is 11.8 Å². The number of nitrogens with one attached hydrogen (secondary N) is 2. The zero-order valence-electron chi connectivity index (χ0n) is 61.3. The van der Waals surface area contributed by atoms with E-state index < -0.39 is 29.7 Å². The molecule has 1 atom stereocenters. The SMILES string of the molecule is COCCOCCOCCOCCOCCOCCOCCOCCOCCOCCOCCOCCOCCOCCOCCOCCOCCOCCOCCOCCOCCOCCOCCOCCCC(=O)[C@@H](CCC(=O)O)NC(=O)CCOCCCNC(=O)CCN1C(=O)C=CC1=O. The number of carbonyl (C=O) groups is 6. The molecule has 0 fully saturated rings. The van der Waals surface area contributed by atoms with Crippen LogP contribution in [0.25, 0.3) is 0 Å². The summed E-state index contributed by atoms with van der Waals surface area (Å²) in [5.41, 5.74) is 0. The monoisotopic (exact) mass is 1500 g/mol. The number of hydrogen-bond acceptors (Lipinski definition) is 31. The average molecular weight is 1500 g/mol. The second-order valence-corrected chi connectivity index (χ2v) is 21.7. The number of ketones is 1. The normalized spacial score (nSPS) is 12.6. The molecule has 0 saturated carbocycles. The molecule has 0 aromatic carbocycles. The number of hydrogen-bond donors (Lipinski definition) is 3. The standard InChI is InChI=1S/C68H125N3O32/c1-79-16-17-82-20-21-84-24-25-86-28-29-88-32-33-90-36-37-92-40-41-94-44-45-96-48-49-98-52-53-100-56-57-102-60-61-103-59-58-101-55-54-99-51-50-97-47-46-95-43-42-93-39-38-91-35-34-89-31-30-87-27-26-85-23-22-83-19-18-81-13-2-4-63(72)62(5-8-68(77)78)70-65(74)10-15-80-14-3-11-69-64(73)9-12-71-66(75)6-7-67(71)76/h6-7,62H,2-5,8-61H2,1H3,(H,69,73)(H,70,74)(H,77,78)/t62-/m1/s1. The Balaban J connectivity index is 1.69. The third kappa shape index (κ3) is 73.3. The van der Waals surface area contributed by atoms with Gasteiger partial charge in [0.15, 0.2) is 5.78 Å². The minimum Gasteiger partial charge on any atom is -0.481 e. The van der Waals surface area contributed by atoms with Crippen LogP contribution in [0.5, 0.6) is 0 Å². The first-order valence-corrected chi connectivity index (χ1v) is 35.9. The van der Waals surface area contributed by atoms with Crippen LogP contribution in [0.4, 0.5) is 0 Å². The van der Waals surface area contributed by atoms with E-state index in [0.717, 1.165) is 17.1 Å². The van der Waals surface area contributed by atoms with Gasteiger partial charge in [-0.05, 0) is 19.3 Å². The fourth-order valence-electron chi connectivity index (χ4n) is 8.08. The Bertz CT molecular complexity index is 1920. The molecule has 0 unspecified atom stereocenters. The van der Waals surface area contributed by atoms with Gasteiger partial charge in [0, 0.05) is 71.2 Å². The number of rotatable bonds is 88. The second-order valence-electron chi connectivity index (χ2n) is 21.7. The molecule has 0 saturated heterocycles. The average Bonchev–Trinajstić information content (AvgIpc) is 1.76. The predicted octanol–water partition coefficient (Wildman–Crippen LogP) is -0.0584. The highest BCUT2D eigenvalue weighted by Gasteiger charge is 2.24. The lowest BCUT2D eigenvalue weighted by molar-refractivity contribution is -0.139. The smallest absolute Gasteiger partial charge is 0.303 e. The Morgan fingerprint density at radius 1 is 0.311 bits per heavy atom. The zero-order valence-corrected chi connectivity index (χ0v) is 61.3. The summed E-state index contributed by atoms with van der Waals surface area (Å²) in [6.07, 6.45) is 2.86. The van der Waals surface area contributed by atoms with E-state index in [1.54, 1.807) is 7.11 Å². The molecule has 1 aliphatic rings. The van der Waals surface area contributed by atoms with Crippen molar-refractivity contribution in [2.24, 2.45) is 0 Å². The van der Waals surface area contributed by atoms with Gasteiger partial charge in [0.25, 0.3) is 11.8 Å². The minimum absolute atomic E-state index is 0.00696. The van der Waals surface area contributed by atoms with Crippen molar-refractivity contribution in [3.05, 3.63) is 12.2 Å². The molecule has 0 spiro atoms. The number of amides is 4. The van der Waals surface area contributed by atoms with E-state index in [1.807, 2.05) is 0 Å². The van der Waals surface area contributed by atoms with E-state index in [2.05, 4.69) is 10.6 Å². The lowest BCUT2D eigenvalue weighted by Crippen LogP contribution is -2.41. The molecule has 0 aromatic heterocycles. The van der Waals surface area contributed by atoms with Crippen molar-refractivity contribution in [3.63, 3.8) is 0 Å². The Hall–Kier alpha value is -4.04. The van der Waals surface area contributed by atoms with Crippen molar-refractivity contribution in [2.45, 2.75) is 51.0 Å². The molecule has 1 rings (SSSR count). The summed E-state index contributed by atoms with van der Waals surface area (Å²) >= 11 is 0. The van der Waals surface area contributed by atoms with Crippen molar-refractivity contribution in [1.82, 2.24) is 15.5 Å². The maximum atomic E-state index is 12.8. The minimum atomic E-state index is -1.08. The molecule has 1 heterocycles. The first-order valence-electron chi connectivity index (χ1n) is 35.9. The molecule has 103 heavy (non-hydrogen) atoms. The molecule has 4 amide bonds. The Morgan fingerprint density at radius 2 is 0.553 bits per heavy atom. The fourth-order valence-corrected chi connectivity index (χ4v) is 8.08. The van der Waals surface area contributed by atoms with Gasteiger partial charge in [-0.3, -0.25) is 33.7 Å². The van der Waals surface area contributed by atoms with E-state index in [9.17, 15) is 28.8 Å². The summed E-state index contributed by atoms with van der Waals surface area (Å²) in [5.74, 6) is -3.04. The Morgan fingerprint density at radius 3 is 0.816 bits per heavy atom. The van der Waals surface area contributed by atoms with Crippen LogP contribution < -0.4 is 10.6 Å². The van der Waals surface area contributed by atoms with Crippen LogP contribution in [0.15, 0.2) is 12.2 Å². The number of Topliss-reactive ketones (excluding diaryl/α,β-unsaturated/α-hetero) is 1. The number of carboxylic acids is 1. The van der Waals surface area contributed by atoms with Crippen molar-refractivity contribution < 1.29 is 152 Å². The van der Waals surface area contributed by atoms with Crippen LogP contribution in [0.1, 0.15) is 44.9 Å². The summed E-state index contributed by atoms with van der Waals surface area (Å²) in [6, 6.07) is -0.952. The van der Waals surface area contributed by atoms with Crippen LogP contribution in [-0.4, -0.2) is 395 Å². The molecule has 0 aliphatic carbocycles. The maximum Gasteiger partial charge on any atom is 0.303 e. The van der Waals surface area contributed by atoms with Crippen molar-refractivity contribution in [3.8, 4) is 0 Å². The Kier molecular flexibility index (Phi) is 75.8. The van der Waals surface area contributed by atoms with E-state index in [-0.39, 0.29) is 70.2 Å². The summed E-state index contributed by atoms with van der Waals surface area (Å²) in [7, 11) is 1.64. The van der Waals surface area contributed by atoms with Crippen LogP contribution in [-0.2, 0) is 147 Å². The van der Waals surface area contributed by atoms with Gasteiger partial charge in [-0.1, -0.05) is 0 Å². The molecule has 604 valence electrons. The van der Waals surface area contributed by atoms with Gasteiger partial charge in [0.05, 0.1) is 317 Å². The van der Waals surface area contributed by atoms with Gasteiger partial charge >= 0.3 is 5.97 Å². The molecule has 35 nitrogen and oxygen atoms in total. The third-order valence-corrected chi connectivity index (χ3v) is 13.4. The summed E-state index contributed by atoms with van der Waals surface area (Å²) in [5, 5.41) is 14.4. The predicted molar refractivity (Wildman–Crippen MR) is 367 cm³/mol. The largest absolute Gasteiger partial charge is 0.481 e. The number of nitrogens with zero attached hydrogens (tertiary/aromatic N) is 1. The third-order valence-electron chi connectivity index (χ3n) is 13.4. The number of methoxy groups -OCH3 is 1. The quantitative estimate of drug-likeness (QED) is 0.0530. The number of carbonyl (C=O) groups excluding carboxylic acids is 5. The van der Waals surface area contributed by atoms with E-state index in [0.29, 0.717) is 323 Å². The van der Waals surface area contributed by atoms with E-state index in [4.69, 9.17) is 124 Å². The number of ether oxygens (including phenoxy) is 25. The van der Waals surface area contributed by atoms with Gasteiger partial charge in [-0.25, -0.2) is 0 Å². The molecule has 0 bridgehead atoms. The highest BCUT2D eigenvalue weighted by atomic mass is 16.6. The van der Waals surface area contributed by atoms with E-state index >= 15 is 0 Å².